The van der Waals surface area contributed by atoms with Crippen LogP contribution in [0.5, 0.6) is 0 Å². The molecule has 0 saturated heterocycles. The summed E-state index contributed by atoms with van der Waals surface area (Å²) in [5.74, 6) is 0. The van der Waals surface area contributed by atoms with Crippen LogP contribution >= 0.6 is 0 Å². The zero-order chi connectivity index (χ0) is 14.7. The number of hydrogen-bond acceptors (Lipinski definition) is 3. The normalized spacial score (nSPS) is 20.1. The van der Waals surface area contributed by atoms with Crippen molar-refractivity contribution in [3.63, 3.8) is 0 Å². The molecule has 1 unspecified atom stereocenters. The molecular weight excluding hydrogens is 263 g/mol. The highest BCUT2D eigenvalue weighted by Gasteiger charge is 2.46. The van der Waals surface area contributed by atoms with Gasteiger partial charge in [-0.1, -0.05) is 66.7 Å². The maximum Gasteiger partial charge on any atom is 0.491 e. The van der Waals surface area contributed by atoms with Crippen molar-refractivity contribution in [2.24, 2.45) is 0 Å². The second-order valence-corrected chi connectivity index (χ2v) is 5.23. The minimum Gasteiger partial charge on any atom is -0.425 e. The van der Waals surface area contributed by atoms with Crippen LogP contribution < -0.4 is 0 Å². The Morgan fingerprint density at radius 1 is 1.00 bits per heavy atom. The Kier molecular flexibility index (Phi) is 3.93. The number of rotatable bonds is 4. The molecule has 3 nitrogen and oxygen atoms in total. The molecule has 0 aromatic heterocycles. The number of hydrogen-bond donors (Lipinski definition) is 2. The molecule has 21 heavy (non-hydrogen) atoms. The summed E-state index contributed by atoms with van der Waals surface area (Å²) in [5.41, 5.74) is 1.68. The molecule has 0 amide bonds. The first-order chi connectivity index (χ1) is 10.2. The molecule has 0 bridgehead atoms. The molecule has 2 aromatic carbocycles. The highest BCUT2D eigenvalue weighted by molar-refractivity contribution is 6.45. The first kappa shape index (κ1) is 14.1. The molecule has 1 aliphatic rings. The van der Waals surface area contributed by atoms with E-state index < -0.39 is 12.6 Å². The van der Waals surface area contributed by atoms with E-state index in [-0.39, 0.29) is 0 Å². The van der Waals surface area contributed by atoms with Crippen molar-refractivity contribution < 1.29 is 14.8 Å². The fourth-order valence-corrected chi connectivity index (χ4v) is 2.74. The second kappa shape index (κ2) is 5.86. The van der Waals surface area contributed by atoms with E-state index in [2.05, 4.69) is 0 Å². The minimum absolute atomic E-state index is 0.334. The lowest BCUT2D eigenvalue weighted by Gasteiger charge is -2.36. The quantitative estimate of drug-likeness (QED) is 0.846. The predicted octanol–water partition coefficient (Wildman–Crippen LogP) is 2.53. The Hall–Kier alpha value is -1.88. The van der Waals surface area contributed by atoms with Gasteiger partial charge in [0.1, 0.15) is 5.50 Å². The van der Waals surface area contributed by atoms with Gasteiger partial charge in [0.05, 0.1) is 6.61 Å². The van der Waals surface area contributed by atoms with E-state index in [4.69, 9.17) is 4.74 Å². The molecule has 106 valence electrons. The largest absolute Gasteiger partial charge is 0.491 e. The number of ether oxygens (including phenoxy) is 1. The molecule has 0 saturated carbocycles. The third-order valence-corrected chi connectivity index (χ3v) is 3.89. The van der Waals surface area contributed by atoms with Crippen molar-refractivity contribution in [2.75, 3.05) is 0 Å². The van der Waals surface area contributed by atoms with Gasteiger partial charge in [0, 0.05) is 0 Å². The van der Waals surface area contributed by atoms with E-state index in [1.165, 1.54) is 0 Å². The first-order valence-electron chi connectivity index (χ1n) is 7.02. The third-order valence-electron chi connectivity index (χ3n) is 3.89. The molecule has 0 heterocycles. The fraction of sp³-hybridized carbons (Fsp3) is 0.176. The first-order valence-corrected chi connectivity index (χ1v) is 7.02. The van der Waals surface area contributed by atoms with Gasteiger partial charge < -0.3 is 14.8 Å². The third kappa shape index (κ3) is 2.66. The zero-order valence-electron chi connectivity index (χ0n) is 11.6. The van der Waals surface area contributed by atoms with Crippen LogP contribution in [0.2, 0.25) is 0 Å². The van der Waals surface area contributed by atoms with E-state index >= 15 is 0 Å². The van der Waals surface area contributed by atoms with Crippen molar-refractivity contribution >= 4 is 13.2 Å². The smallest absolute Gasteiger partial charge is 0.425 e. The highest BCUT2D eigenvalue weighted by atomic mass is 16.5. The molecule has 1 aliphatic carbocycles. The molecule has 1 atom stereocenters. The van der Waals surface area contributed by atoms with E-state index in [1.54, 1.807) is 0 Å². The summed E-state index contributed by atoms with van der Waals surface area (Å²) >= 11 is 0. The predicted molar refractivity (Wildman–Crippen MR) is 83.2 cm³/mol. The van der Waals surface area contributed by atoms with Crippen molar-refractivity contribution in [1.82, 2.24) is 0 Å². The van der Waals surface area contributed by atoms with Crippen molar-refractivity contribution in [3.05, 3.63) is 77.4 Å². The lowest BCUT2D eigenvalue weighted by molar-refractivity contribution is -0.0228. The summed E-state index contributed by atoms with van der Waals surface area (Å²) in [7, 11) is -1.58. The Morgan fingerprint density at radius 2 is 1.71 bits per heavy atom. The summed E-state index contributed by atoms with van der Waals surface area (Å²) in [6.07, 6.45) is 4.35. The van der Waals surface area contributed by atoms with E-state index in [0.29, 0.717) is 13.0 Å². The summed E-state index contributed by atoms with van der Waals surface area (Å²) in [6, 6.07) is 17.4. The van der Waals surface area contributed by atoms with Crippen LogP contribution in [0.1, 0.15) is 23.1 Å². The Balaban J connectivity index is 1.92. The molecule has 4 heteroatoms. The second-order valence-electron chi connectivity index (χ2n) is 5.23. The van der Waals surface area contributed by atoms with Gasteiger partial charge in [-0.2, -0.15) is 0 Å². The monoisotopic (exact) mass is 280 g/mol. The van der Waals surface area contributed by atoms with Gasteiger partial charge in [-0.15, -0.1) is 0 Å². The molecule has 2 N–H and O–H groups in total. The summed E-state index contributed by atoms with van der Waals surface area (Å²) in [4.78, 5) is 0. The lowest BCUT2D eigenvalue weighted by Crippen LogP contribution is -2.47. The Bertz CT molecular complexity index is 639. The maximum absolute atomic E-state index is 9.95. The van der Waals surface area contributed by atoms with E-state index in [0.717, 1.165) is 16.7 Å². The summed E-state index contributed by atoms with van der Waals surface area (Å²) in [5, 5.41) is 19.9. The van der Waals surface area contributed by atoms with Gasteiger partial charge in [-0.25, -0.2) is 0 Å². The van der Waals surface area contributed by atoms with Gasteiger partial charge in [-0.05, 0) is 23.1 Å². The Morgan fingerprint density at radius 3 is 2.48 bits per heavy atom. The van der Waals surface area contributed by atoms with Crippen LogP contribution in [0.15, 0.2) is 60.7 Å². The maximum atomic E-state index is 9.95. The van der Waals surface area contributed by atoms with Gasteiger partial charge in [0.15, 0.2) is 0 Å². The molecule has 0 fully saturated rings. The summed E-state index contributed by atoms with van der Waals surface area (Å²) < 4.78 is 5.99. The lowest BCUT2D eigenvalue weighted by atomic mass is 9.59. The van der Waals surface area contributed by atoms with Crippen molar-refractivity contribution in [1.29, 1.82) is 0 Å². The molecule has 2 aromatic rings. The molecule has 0 radical (unpaired) electrons. The van der Waals surface area contributed by atoms with Crippen molar-refractivity contribution in [3.8, 4) is 0 Å². The van der Waals surface area contributed by atoms with Gasteiger partial charge in [-0.3, -0.25) is 0 Å². The van der Waals surface area contributed by atoms with Crippen LogP contribution in [0, 0.1) is 0 Å². The highest BCUT2D eigenvalue weighted by Crippen LogP contribution is 2.38. The van der Waals surface area contributed by atoms with Crippen LogP contribution in [0.4, 0.5) is 0 Å². The van der Waals surface area contributed by atoms with Crippen LogP contribution in [-0.4, -0.2) is 17.2 Å². The molecule has 0 aliphatic heterocycles. The molecular formula is C17H17BO3. The van der Waals surface area contributed by atoms with Crippen molar-refractivity contribution in [2.45, 2.75) is 18.5 Å². The average molecular weight is 280 g/mol. The van der Waals surface area contributed by atoms with E-state index in [1.807, 2.05) is 66.7 Å². The standard InChI is InChI=1S/C17H17BO3/c19-18(20)17(21-13-14-7-2-1-3-8-14)12-6-10-15-9-4-5-11-16(15)17/h1-11,19-20H,12-13H2. The van der Waals surface area contributed by atoms with Gasteiger partial charge >= 0.3 is 7.12 Å². The van der Waals surface area contributed by atoms with E-state index in [9.17, 15) is 10.0 Å². The van der Waals surface area contributed by atoms with Gasteiger partial charge in [0.2, 0.25) is 0 Å². The number of fused-ring (bicyclic) bond motifs is 1. The van der Waals surface area contributed by atoms with Crippen LogP contribution in [0.3, 0.4) is 0 Å². The summed E-state index contributed by atoms with van der Waals surface area (Å²) in [6.45, 7) is 0.334. The van der Waals surface area contributed by atoms with Gasteiger partial charge in [0.25, 0.3) is 0 Å². The molecule has 0 spiro atoms. The number of benzene rings is 2. The average Bonchev–Trinajstić information content (AvgIpc) is 2.53. The van der Waals surface area contributed by atoms with Crippen LogP contribution in [-0.2, 0) is 16.8 Å². The Labute approximate surface area is 124 Å². The van der Waals surface area contributed by atoms with Crippen LogP contribution in [0.25, 0.3) is 6.08 Å². The molecule has 3 rings (SSSR count). The topological polar surface area (TPSA) is 49.7 Å². The zero-order valence-corrected chi connectivity index (χ0v) is 11.6. The minimum atomic E-state index is -1.58. The fourth-order valence-electron chi connectivity index (χ4n) is 2.74. The SMILES string of the molecule is OB(O)C1(OCc2ccccc2)CC=Cc2ccccc21.